The Bertz CT molecular complexity index is 283. The van der Waals surface area contributed by atoms with E-state index in [0.717, 1.165) is 5.56 Å². The largest absolute Gasteiger partial charge is 0.330 e. The van der Waals surface area contributed by atoms with E-state index in [1.165, 1.54) is 4.68 Å². The second-order valence-corrected chi connectivity index (χ2v) is 3.05. The summed E-state index contributed by atoms with van der Waals surface area (Å²) in [4.78, 5) is 0. The van der Waals surface area contributed by atoms with Crippen LogP contribution in [0.1, 0.15) is 17.2 Å². The molecule has 0 bridgehead atoms. The summed E-state index contributed by atoms with van der Waals surface area (Å²) in [5, 5.41) is 3.96. The Balaban J connectivity index is 2.97. The monoisotopic (exact) mass is 189 g/mol. The van der Waals surface area contributed by atoms with Gasteiger partial charge in [0, 0.05) is 19.8 Å². The van der Waals surface area contributed by atoms with Gasteiger partial charge < -0.3 is 5.73 Å². The number of aryl methyl sites for hydroxylation is 2. The lowest BCUT2D eigenvalue weighted by molar-refractivity contribution is 0.115. The third-order valence-corrected chi connectivity index (χ3v) is 1.96. The summed E-state index contributed by atoms with van der Waals surface area (Å²) in [6.07, 6.45) is -0.737. The number of aromatic nitrogens is 2. The van der Waals surface area contributed by atoms with Crippen LogP contribution in [-0.4, -0.2) is 22.8 Å². The van der Waals surface area contributed by atoms with Crippen molar-refractivity contribution >= 4 is 0 Å². The molecule has 0 aliphatic carbocycles. The van der Waals surface area contributed by atoms with Crippen LogP contribution in [0.4, 0.5) is 8.78 Å². The van der Waals surface area contributed by atoms with Gasteiger partial charge in [-0.1, -0.05) is 0 Å². The zero-order valence-corrected chi connectivity index (χ0v) is 7.67. The highest BCUT2D eigenvalue weighted by Crippen LogP contribution is 2.23. The van der Waals surface area contributed by atoms with Crippen molar-refractivity contribution in [2.45, 2.75) is 19.3 Å². The zero-order chi connectivity index (χ0) is 10.0. The first-order valence-electron chi connectivity index (χ1n) is 4.04. The van der Waals surface area contributed by atoms with Crippen LogP contribution in [0, 0.1) is 6.92 Å². The van der Waals surface area contributed by atoms with Crippen molar-refractivity contribution in [3.8, 4) is 0 Å². The lowest BCUT2D eigenvalue weighted by Crippen LogP contribution is -2.21. The molecular weight excluding hydrogens is 176 g/mol. The molecule has 3 nitrogen and oxygen atoms in total. The van der Waals surface area contributed by atoms with Crippen LogP contribution in [0.15, 0.2) is 6.20 Å². The summed E-state index contributed by atoms with van der Waals surface area (Å²) in [5.74, 6) is -0.943. The Morgan fingerprint density at radius 2 is 2.23 bits per heavy atom. The molecule has 0 saturated heterocycles. The van der Waals surface area contributed by atoms with E-state index in [2.05, 4.69) is 5.10 Å². The van der Waals surface area contributed by atoms with E-state index in [4.69, 9.17) is 5.73 Å². The van der Waals surface area contributed by atoms with Crippen LogP contribution in [-0.2, 0) is 7.05 Å². The maximum absolute atomic E-state index is 12.4. The predicted molar refractivity (Wildman–Crippen MR) is 45.7 cm³/mol. The van der Waals surface area contributed by atoms with Gasteiger partial charge in [0.25, 0.3) is 0 Å². The van der Waals surface area contributed by atoms with Gasteiger partial charge in [0.05, 0.1) is 11.6 Å². The van der Waals surface area contributed by atoms with Crippen LogP contribution in [0.2, 0.25) is 0 Å². The number of halogens is 2. The first-order valence-corrected chi connectivity index (χ1v) is 4.04. The van der Waals surface area contributed by atoms with E-state index in [-0.39, 0.29) is 6.54 Å². The summed E-state index contributed by atoms with van der Waals surface area (Å²) in [6.45, 7) is 1.68. The summed E-state index contributed by atoms with van der Waals surface area (Å²) in [7, 11) is 1.70. The molecular formula is C8H13F2N3. The van der Waals surface area contributed by atoms with Crippen LogP contribution >= 0.6 is 0 Å². The Kier molecular flexibility index (Phi) is 2.98. The maximum Gasteiger partial charge on any atom is 0.248 e. The summed E-state index contributed by atoms with van der Waals surface area (Å²) in [6, 6.07) is 0. The topological polar surface area (TPSA) is 43.8 Å². The van der Waals surface area contributed by atoms with E-state index < -0.39 is 12.3 Å². The number of rotatable bonds is 3. The van der Waals surface area contributed by atoms with Crippen LogP contribution in [0.3, 0.4) is 0 Å². The minimum absolute atomic E-state index is 0.0739. The SMILES string of the molecule is Cc1cn(C)nc1C(CN)C(F)F. The fourth-order valence-electron chi connectivity index (χ4n) is 1.32. The second-order valence-electron chi connectivity index (χ2n) is 3.05. The normalized spacial score (nSPS) is 13.7. The standard InChI is InChI=1S/C8H13F2N3/c1-5-4-13(2)12-7(5)6(3-11)8(9)10/h4,6,8H,3,11H2,1-2H3. The first kappa shape index (κ1) is 10.1. The average molecular weight is 189 g/mol. The molecule has 1 aromatic rings. The van der Waals surface area contributed by atoms with E-state index in [1.807, 2.05) is 0 Å². The molecule has 0 amide bonds. The Labute approximate surface area is 75.5 Å². The molecule has 0 spiro atoms. The Morgan fingerprint density at radius 3 is 2.54 bits per heavy atom. The minimum atomic E-state index is -2.45. The number of hydrogen-bond donors (Lipinski definition) is 1. The van der Waals surface area contributed by atoms with Crippen molar-refractivity contribution in [1.29, 1.82) is 0 Å². The Morgan fingerprint density at radius 1 is 1.62 bits per heavy atom. The van der Waals surface area contributed by atoms with Crippen LogP contribution in [0.25, 0.3) is 0 Å². The summed E-state index contributed by atoms with van der Waals surface area (Å²) >= 11 is 0. The lowest BCUT2D eigenvalue weighted by Gasteiger charge is -2.11. The van der Waals surface area contributed by atoms with Crippen molar-refractivity contribution in [2.75, 3.05) is 6.54 Å². The summed E-state index contributed by atoms with van der Waals surface area (Å²) in [5.41, 5.74) is 6.42. The molecule has 0 aliphatic heterocycles. The van der Waals surface area contributed by atoms with Gasteiger partial charge in [-0.3, -0.25) is 4.68 Å². The third kappa shape index (κ3) is 2.03. The third-order valence-electron chi connectivity index (χ3n) is 1.96. The van der Waals surface area contributed by atoms with Crippen molar-refractivity contribution in [1.82, 2.24) is 9.78 Å². The number of alkyl halides is 2. The smallest absolute Gasteiger partial charge is 0.248 e. The van der Waals surface area contributed by atoms with Crippen molar-refractivity contribution in [2.24, 2.45) is 12.8 Å². The van der Waals surface area contributed by atoms with Gasteiger partial charge in [0.15, 0.2) is 0 Å². The van der Waals surface area contributed by atoms with Gasteiger partial charge in [-0.2, -0.15) is 5.10 Å². The molecule has 0 aromatic carbocycles. The second kappa shape index (κ2) is 3.83. The fourth-order valence-corrected chi connectivity index (χ4v) is 1.32. The maximum atomic E-state index is 12.4. The molecule has 0 fully saturated rings. The molecule has 1 heterocycles. The van der Waals surface area contributed by atoms with E-state index >= 15 is 0 Å². The highest BCUT2D eigenvalue weighted by molar-refractivity contribution is 5.20. The Hall–Kier alpha value is -0.970. The van der Waals surface area contributed by atoms with Crippen molar-refractivity contribution in [3.63, 3.8) is 0 Å². The minimum Gasteiger partial charge on any atom is -0.330 e. The van der Waals surface area contributed by atoms with Gasteiger partial charge in [-0.05, 0) is 12.5 Å². The molecule has 1 aromatic heterocycles. The van der Waals surface area contributed by atoms with Crippen molar-refractivity contribution in [3.05, 3.63) is 17.5 Å². The fraction of sp³-hybridized carbons (Fsp3) is 0.625. The molecule has 5 heteroatoms. The van der Waals surface area contributed by atoms with Gasteiger partial charge in [-0.25, -0.2) is 8.78 Å². The predicted octanol–water partition coefficient (Wildman–Crippen LogP) is 1.04. The highest BCUT2D eigenvalue weighted by Gasteiger charge is 2.24. The van der Waals surface area contributed by atoms with Gasteiger partial charge in [-0.15, -0.1) is 0 Å². The molecule has 0 saturated carbocycles. The molecule has 1 rings (SSSR count). The molecule has 74 valence electrons. The van der Waals surface area contributed by atoms with Crippen LogP contribution < -0.4 is 5.73 Å². The van der Waals surface area contributed by atoms with Crippen molar-refractivity contribution < 1.29 is 8.78 Å². The van der Waals surface area contributed by atoms with Gasteiger partial charge >= 0.3 is 0 Å². The first-order chi connectivity index (χ1) is 6.06. The van der Waals surface area contributed by atoms with Gasteiger partial charge in [0.1, 0.15) is 0 Å². The number of nitrogens with zero attached hydrogens (tertiary/aromatic N) is 2. The average Bonchev–Trinajstić information content (AvgIpc) is 2.31. The molecule has 0 radical (unpaired) electrons. The van der Waals surface area contributed by atoms with E-state index in [1.54, 1.807) is 20.2 Å². The highest BCUT2D eigenvalue weighted by atomic mass is 19.3. The van der Waals surface area contributed by atoms with Crippen LogP contribution in [0.5, 0.6) is 0 Å². The molecule has 1 unspecified atom stereocenters. The number of hydrogen-bond acceptors (Lipinski definition) is 2. The van der Waals surface area contributed by atoms with Gasteiger partial charge in [0.2, 0.25) is 6.43 Å². The molecule has 13 heavy (non-hydrogen) atoms. The lowest BCUT2D eigenvalue weighted by atomic mass is 10.0. The zero-order valence-electron chi connectivity index (χ0n) is 7.67. The summed E-state index contributed by atoms with van der Waals surface area (Å²) < 4.78 is 26.4. The quantitative estimate of drug-likeness (QED) is 0.772. The number of nitrogens with two attached hydrogens (primary N) is 1. The van der Waals surface area contributed by atoms with E-state index in [0.29, 0.717) is 5.69 Å². The molecule has 1 atom stereocenters. The molecule has 0 aliphatic rings. The molecule has 2 N–H and O–H groups in total. The van der Waals surface area contributed by atoms with E-state index in [9.17, 15) is 8.78 Å².